The number of nitrogens with one attached hydrogen (secondary N) is 1. The van der Waals surface area contributed by atoms with Crippen LogP contribution in [-0.4, -0.2) is 45.5 Å². The molecule has 1 unspecified atom stereocenters. The lowest BCUT2D eigenvalue weighted by Crippen LogP contribution is -2.49. The summed E-state index contributed by atoms with van der Waals surface area (Å²) in [5.41, 5.74) is 6.00. The molecule has 1 aliphatic heterocycles. The zero-order chi connectivity index (χ0) is 22.1. The summed E-state index contributed by atoms with van der Waals surface area (Å²) in [4.78, 5) is 37.8. The van der Waals surface area contributed by atoms with Crippen molar-refractivity contribution >= 4 is 23.2 Å². The molecule has 30 heavy (non-hydrogen) atoms. The zero-order valence-electron chi connectivity index (χ0n) is 18.0. The van der Waals surface area contributed by atoms with Gasteiger partial charge in [0.15, 0.2) is 5.75 Å². The van der Waals surface area contributed by atoms with Crippen LogP contribution < -0.4 is 10.3 Å². The lowest BCUT2D eigenvalue weighted by molar-refractivity contribution is -0.146. The van der Waals surface area contributed by atoms with Crippen LogP contribution in [0.5, 0.6) is 5.75 Å². The minimum atomic E-state index is -0.753. The summed E-state index contributed by atoms with van der Waals surface area (Å²) < 4.78 is 0. The lowest BCUT2D eigenvalue weighted by Gasteiger charge is -2.32. The Labute approximate surface area is 181 Å². The van der Waals surface area contributed by atoms with Crippen molar-refractivity contribution in [3.05, 3.63) is 35.5 Å². The molecule has 2 N–H and O–H groups in total. The number of likely N-dealkylation sites (tertiary alicyclic amines) is 1. The Balaban J connectivity index is 1.63. The number of hydrogen-bond donors (Lipinski definition) is 2. The number of nitrogens with zero attached hydrogens (tertiary/aromatic N) is 2. The average Bonchev–Trinajstić information content (AvgIpc) is 3.30. The Bertz CT molecular complexity index is 904. The van der Waals surface area contributed by atoms with Gasteiger partial charge in [-0.1, -0.05) is 27.7 Å². The number of benzene rings is 1. The van der Waals surface area contributed by atoms with Crippen LogP contribution in [0.4, 0.5) is 0 Å². The highest BCUT2D eigenvalue weighted by Crippen LogP contribution is 2.31. The Morgan fingerprint density at radius 1 is 1.30 bits per heavy atom. The van der Waals surface area contributed by atoms with Crippen LogP contribution in [0.2, 0.25) is 0 Å². The lowest BCUT2D eigenvalue weighted by atomic mass is 9.81. The molecule has 2 aromatic rings. The summed E-state index contributed by atoms with van der Waals surface area (Å²) in [6.07, 6.45) is -0.528. The van der Waals surface area contributed by atoms with E-state index in [-0.39, 0.29) is 30.2 Å². The van der Waals surface area contributed by atoms with E-state index < -0.39 is 18.1 Å². The fraction of sp³-hybridized carbons (Fsp3) is 0.500. The van der Waals surface area contributed by atoms with E-state index in [2.05, 4.69) is 10.5 Å². The standard InChI is InChI=1S/C22H29N3O4S/c1-13(22(3,4)5)21(28)25-11-16(26)10-18(25)20(27)24-29-17-8-6-15(7-9-17)19-14(2)23-12-30-19/h6-9,12-13,16,18,26H,10-11H2,1-5H3,(H,24,27)/t13?,16-,18+/m1/s1. The number of aromatic nitrogens is 1. The summed E-state index contributed by atoms with van der Waals surface area (Å²) in [7, 11) is 0. The van der Waals surface area contributed by atoms with Gasteiger partial charge in [0.2, 0.25) is 5.91 Å². The molecule has 7 nitrogen and oxygen atoms in total. The molecule has 0 radical (unpaired) electrons. The third kappa shape index (κ3) is 4.82. The number of thiazole rings is 1. The molecule has 0 spiro atoms. The molecule has 1 aliphatic rings. The molecular weight excluding hydrogens is 402 g/mol. The van der Waals surface area contributed by atoms with E-state index in [1.165, 1.54) is 4.90 Å². The van der Waals surface area contributed by atoms with Gasteiger partial charge < -0.3 is 14.8 Å². The number of aryl methyl sites for hydroxylation is 1. The minimum absolute atomic E-state index is 0.136. The fourth-order valence-corrected chi connectivity index (χ4v) is 4.17. The molecule has 1 aromatic heterocycles. The second-order valence-corrected chi connectivity index (χ2v) is 9.70. The molecule has 0 bridgehead atoms. The Kier molecular flexibility index (Phi) is 6.47. The summed E-state index contributed by atoms with van der Waals surface area (Å²) in [5, 5.41) is 10.1. The van der Waals surface area contributed by atoms with E-state index in [1.54, 1.807) is 29.0 Å². The maximum atomic E-state index is 12.9. The molecular formula is C22H29N3O4S. The van der Waals surface area contributed by atoms with Gasteiger partial charge in [0.05, 0.1) is 22.2 Å². The number of hydroxylamine groups is 1. The molecule has 3 atom stereocenters. The number of rotatable bonds is 5. The van der Waals surface area contributed by atoms with Gasteiger partial charge in [0.1, 0.15) is 6.04 Å². The highest BCUT2D eigenvalue weighted by molar-refractivity contribution is 7.13. The Morgan fingerprint density at radius 2 is 1.97 bits per heavy atom. The Hall–Kier alpha value is -2.45. The van der Waals surface area contributed by atoms with Crippen molar-refractivity contribution in [2.75, 3.05) is 6.54 Å². The van der Waals surface area contributed by atoms with Crippen LogP contribution in [-0.2, 0) is 9.59 Å². The molecule has 1 saturated heterocycles. The fourth-order valence-electron chi connectivity index (χ4n) is 3.36. The second kappa shape index (κ2) is 8.73. The third-order valence-electron chi connectivity index (χ3n) is 5.67. The van der Waals surface area contributed by atoms with Crippen LogP contribution in [0.3, 0.4) is 0 Å². The predicted octanol–water partition coefficient (Wildman–Crippen LogP) is 3.17. The van der Waals surface area contributed by atoms with Gasteiger partial charge in [-0.05, 0) is 42.2 Å². The molecule has 3 rings (SSSR count). The van der Waals surface area contributed by atoms with Crippen molar-refractivity contribution in [1.82, 2.24) is 15.4 Å². The van der Waals surface area contributed by atoms with Crippen LogP contribution >= 0.6 is 11.3 Å². The topological polar surface area (TPSA) is 91.8 Å². The van der Waals surface area contributed by atoms with E-state index in [9.17, 15) is 14.7 Å². The minimum Gasteiger partial charge on any atom is -0.391 e. The third-order valence-corrected chi connectivity index (χ3v) is 6.64. The van der Waals surface area contributed by atoms with Gasteiger partial charge in [0, 0.05) is 18.9 Å². The number of aliphatic hydroxyl groups is 1. The number of hydrogen-bond acceptors (Lipinski definition) is 6. The molecule has 1 fully saturated rings. The van der Waals surface area contributed by atoms with Crippen molar-refractivity contribution in [3.8, 4) is 16.2 Å². The smallest absolute Gasteiger partial charge is 0.275 e. The zero-order valence-corrected chi connectivity index (χ0v) is 18.8. The van der Waals surface area contributed by atoms with Crippen molar-refractivity contribution in [1.29, 1.82) is 0 Å². The molecule has 2 amide bonds. The van der Waals surface area contributed by atoms with E-state index in [0.717, 1.165) is 16.1 Å². The maximum Gasteiger partial charge on any atom is 0.275 e. The van der Waals surface area contributed by atoms with E-state index >= 15 is 0 Å². The predicted molar refractivity (Wildman–Crippen MR) is 116 cm³/mol. The normalized spacial score (nSPS) is 20.1. The van der Waals surface area contributed by atoms with Crippen LogP contribution in [0.1, 0.15) is 39.8 Å². The monoisotopic (exact) mass is 431 g/mol. The number of carbonyl (C=O) groups excluding carboxylic acids is 2. The highest BCUT2D eigenvalue weighted by atomic mass is 32.1. The summed E-state index contributed by atoms with van der Waals surface area (Å²) >= 11 is 1.57. The number of carbonyl (C=O) groups is 2. The van der Waals surface area contributed by atoms with Gasteiger partial charge in [0.25, 0.3) is 5.91 Å². The van der Waals surface area contributed by atoms with Crippen molar-refractivity contribution in [2.45, 2.75) is 53.2 Å². The van der Waals surface area contributed by atoms with Crippen LogP contribution in [0, 0.1) is 18.3 Å². The van der Waals surface area contributed by atoms with Crippen molar-refractivity contribution in [3.63, 3.8) is 0 Å². The van der Waals surface area contributed by atoms with Gasteiger partial charge >= 0.3 is 0 Å². The SMILES string of the molecule is Cc1ncsc1-c1ccc(ONC(=O)[C@@H]2C[C@@H](O)CN2C(=O)C(C)C(C)(C)C)cc1. The molecule has 0 saturated carbocycles. The second-order valence-electron chi connectivity index (χ2n) is 8.84. The van der Waals surface area contributed by atoms with Crippen molar-refractivity contribution in [2.24, 2.45) is 11.3 Å². The number of aliphatic hydroxyl groups excluding tert-OH is 1. The first kappa shape index (κ1) is 22.2. The number of β-amino-alcohol motifs (C(OH)–C–C–N with tert-alkyl or cyclic N) is 1. The summed E-state index contributed by atoms with van der Waals surface area (Å²) in [5.74, 6) is -0.373. The summed E-state index contributed by atoms with van der Waals surface area (Å²) in [6, 6.07) is 6.59. The quantitative estimate of drug-likeness (QED) is 0.710. The first-order valence-corrected chi connectivity index (χ1v) is 10.9. The summed E-state index contributed by atoms with van der Waals surface area (Å²) in [6.45, 7) is 9.91. The maximum absolute atomic E-state index is 12.9. The van der Waals surface area contributed by atoms with E-state index in [1.807, 2.05) is 46.8 Å². The molecule has 8 heteroatoms. The van der Waals surface area contributed by atoms with Gasteiger partial charge in [-0.3, -0.25) is 9.59 Å². The average molecular weight is 432 g/mol. The highest BCUT2D eigenvalue weighted by Gasteiger charge is 2.42. The van der Waals surface area contributed by atoms with E-state index in [0.29, 0.717) is 5.75 Å². The molecule has 162 valence electrons. The van der Waals surface area contributed by atoms with Gasteiger partial charge in [-0.2, -0.15) is 5.48 Å². The van der Waals surface area contributed by atoms with Gasteiger partial charge in [-0.15, -0.1) is 11.3 Å². The van der Waals surface area contributed by atoms with Crippen LogP contribution in [0.15, 0.2) is 29.8 Å². The van der Waals surface area contributed by atoms with E-state index in [4.69, 9.17) is 4.84 Å². The molecule has 0 aliphatic carbocycles. The van der Waals surface area contributed by atoms with Crippen molar-refractivity contribution < 1.29 is 19.5 Å². The van der Waals surface area contributed by atoms with Gasteiger partial charge in [-0.25, -0.2) is 4.98 Å². The first-order chi connectivity index (χ1) is 14.1. The number of amides is 2. The van der Waals surface area contributed by atoms with Crippen LogP contribution in [0.25, 0.3) is 10.4 Å². The Morgan fingerprint density at radius 3 is 2.53 bits per heavy atom. The molecule has 1 aromatic carbocycles. The molecule has 2 heterocycles. The first-order valence-electron chi connectivity index (χ1n) is 10.0. The largest absolute Gasteiger partial charge is 0.391 e.